The number of rotatable bonds is 5. The smallest absolute Gasteiger partial charge is 0.261 e. The summed E-state index contributed by atoms with van der Waals surface area (Å²) in [7, 11) is -2.15. The van der Waals surface area contributed by atoms with Gasteiger partial charge in [-0.15, -0.1) is 5.10 Å². The summed E-state index contributed by atoms with van der Waals surface area (Å²) >= 11 is 0. The largest absolute Gasteiger partial charge is 0.342 e. The molecule has 1 aromatic heterocycles. The molecule has 1 aliphatic rings. The fraction of sp³-hybridized carbons (Fsp3) is 0.750. The molecule has 9 heteroatoms. The Morgan fingerprint density at radius 1 is 1.38 bits per heavy atom. The van der Waals surface area contributed by atoms with Crippen molar-refractivity contribution in [2.24, 2.45) is 12.5 Å². The van der Waals surface area contributed by atoms with Gasteiger partial charge in [-0.2, -0.15) is 0 Å². The van der Waals surface area contributed by atoms with Crippen LogP contribution >= 0.6 is 0 Å². The van der Waals surface area contributed by atoms with Gasteiger partial charge in [0.05, 0.1) is 11.6 Å². The molecule has 1 saturated heterocycles. The zero-order chi connectivity index (χ0) is 15.7. The molecule has 2 heterocycles. The number of aromatic nitrogens is 3. The zero-order valence-electron chi connectivity index (χ0n) is 12.5. The molecule has 2 rings (SSSR count). The molecule has 8 nitrogen and oxygen atoms in total. The lowest BCUT2D eigenvalue weighted by Crippen LogP contribution is -2.46. The van der Waals surface area contributed by atoms with E-state index >= 15 is 0 Å². The van der Waals surface area contributed by atoms with E-state index in [0.717, 1.165) is 25.9 Å². The van der Waals surface area contributed by atoms with Crippen LogP contribution in [0, 0.1) is 5.41 Å². The minimum absolute atomic E-state index is 0.0261. The second-order valence-electron chi connectivity index (χ2n) is 5.94. The van der Waals surface area contributed by atoms with Crippen LogP contribution in [0.2, 0.25) is 0 Å². The first-order chi connectivity index (χ1) is 9.72. The van der Waals surface area contributed by atoms with Crippen LogP contribution in [0.25, 0.3) is 0 Å². The molecule has 0 bridgehead atoms. The van der Waals surface area contributed by atoms with Crippen LogP contribution < -0.4 is 4.72 Å². The van der Waals surface area contributed by atoms with E-state index in [-0.39, 0.29) is 17.5 Å². The molecule has 1 amide bonds. The van der Waals surface area contributed by atoms with E-state index in [9.17, 15) is 13.2 Å². The molecule has 0 radical (unpaired) electrons. The minimum Gasteiger partial charge on any atom is -0.342 e. The standard InChI is InChI=1S/C12H21N5O3S/c1-12(2,11(18)17-6-4-5-7-17)9-13-21(19,20)10-8-16(3)15-14-10/h8,13H,4-7,9H2,1-3H3. The molecule has 1 aromatic rings. The number of aryl methyl sites for hydroxylation is 1. The van der Waals surface area contributed by atoms with Crippen molar-refractivity contribution in [2.75, 3.05) is 19.6 Å². The van der Waals surface area contributed by atoms with Crippen LogP contribution in [0.1, 0.15) is 26.7 Å². The highest BCUT2D eigenvalue weighted by Crippen LogP contribution is 2.22. The van der Waals surface area contributed by atoms with Gasteiger partial charge in [0.1, 0.15) is 0 Å². The fourth-order valence-electron chi connectivity index (χ4n) is 2.22. The van der Waals surface area contributed by atoms with Gasteiger partial charge in [-0.25, -0.2) is 13.1 Å². The Bertz CT molecular complexity index is 617. The lowest BCUT2D eigenvalue weighted by molar-refractivity contribution is -0.138. The summed E-state index contributed by atoms with van der Waals surface area (Å²) in [5.41, 5.74) is -0.792. The Kier molecular flexibility index (Phi) is 4.33. The van der Waals surface area contributed by atoms with E-state index in [2.05, 4.69) is 15.0 Å². The molecule has 0 aliphatic carbocycles. The predicted octanol–water partition coefficient (Wildman–Crippen LogP) is -0.258. The third kappa shape index (κ3) is 3.59. The number of amides is 1. The van der Waals surface area contributed by atoms with E-state index in [1.165, 1.54) is 10.9 Å². The second-order valence-corrected chi connectivity index (χ2v) is 7.65. The van der Waals surface area contributed by atoms with E-state index in [1.54, 1.807) is 25.8 Å². The summed E-state index contributed by atoms with van der Waals surface area (Å²) in [5.74, 6) is -0.0261. The van der Waals surface area contributed by atoms with Crippen LogP contribution in [0.15, 0.2) is 11.2 Å². The van der Waals surface area contributed by atoms with Crippen LogP contribution in [-0.2, 0) is 21.9 Å². The normalized spacial score (nSPS) is 16.4. The number of hydrogen-bond donors (Lipinski definition) is 1. The van der Waals surface area contributed by atoms with E-state index in [1.807, 2.05) is 0 Å². The maximum Gasteiger partial charge on any atom is 0.261 e. The number of hydrogen-bond acceptors (Lipinski definition) is 5. The molecule has 0 saturated carbocycles. The van der Waals surface area contributed by atoms with Crippen molar-refractivity contribution in [3.63, 3.8) is 0 Å². The topological polar surface area (TPSA) is 97.2 Å². The van der Waals surface area contributed by atoms with Gasteiger partial charge < -0.3 is 4.90 Å². The maximum absolute atomic E-state index is 12.4. The Balaban J connectivity index is 2.02. The predicted molar refractivity (Wildman–Crippen MR) is 75.8 cm³/mol. The summed E-state index contributed by atoms with van der Waals surface area (Å²) in [6, 6.07) is 0. The molecular formula is C12H21N5O3S. The molecule has 0 unspecified atom stereocenters. The lowest BCUT2D eigenvalue weighted by atomic mass is 9.92. The van der Waals surface area contributed by atoms with Crippen molar-refractivity contribution in [2.45, 2.75) is 31.7 Å². The molecule has 1 N–H and O–H groups in total. The van der Waals surface area contributed by atoms with E-state index < -0.39 is 15.4 Å². The summed E-state index contributed by atoms with van der Waals surface area (Å²) in [5, 5.41) is 7.03. The first-order valence-corrected chi connectivity index (χ1v) is 8.36. The Morgan fingerprint density at radius 3 is 2.52 bits per heavy atom. The van der Waals surface area contributed by atoms with Crippen molar-refractivity contribution in [1.29, 1.82) is 0 Å². The van der Waals surface area contributed by atoms with Crippen LogP contribution in [0.4, 0.5) is 0 Å². The zero-order valence-corrected chi connectivity index (χ0v) is 13.4. The maximum atomic E-state index is 12.4. The van der Waals surface area contributed by atoms with Crippen molar-refractivity contribution in [1.82, 2.24) is 24.6 Å². The van der Waals surface area contributed by atoms with Gasteiger partial charge >= 0.3 is 0 Å². The molecule has 118 valence electrons. The van der Waals surface area contributed by atoms with Gasteiger partial charge in [-0.05, 0) is 26.7 Å². The van der Waals surface area contributed by atoms with Crippen LogP contribution in [-0.4, -0.2) is 53.9 Å². The van der Waals surface area contributed by atoms with Gasteiger partial charge in [0.15, 0.2) is 0 Å². The quantitative estimate of drug-likeness (QED) is 0.807. The Hall–Kier alpha value is -1.48. The monoisotopic (exact) mass is 315 g/mol. The fourth-order valence-corrected chi connectivity index (χ4v) is 3.36. The van der Waals surface area contributed by atoms with Gasteiger partial charge in [-0.1, -0.05) is 5.21 Å². The molecule has 21 heavy (non-hydrogen) atoms. The van der Waals surface area contributed by atoms with Gasteiger partial charge in [0.25, 0.3) is 10.0 Å². The Labute approximate surface area is 124 Å². The average molecular weight is 315 g/mol. The molecular weight excluding hydrogens is 294 g/mol. The lowest BCUT2D eigenvalue weighted by Gasteiger charge is -2.29. The SMILES string of the molecule is Cn1cc(S(=O)(=O)NCC(C)(C)C(=O)N2CCCC2)nn1. The van der Waals surface area contributed by atoms with Crippen LogP contribution in [0.3, 0.4) is 0 Å². The third-order valence-electron chi connectivity index (χ3n) is 3.53. The van der Waals surface area contributed by atoms with Crippen LogP contribution in [0.5, 0.6) is 0 Å². The van der Waals surface area contributed by atoms with E-state index in [0.29, 0.717) is 0 Å². The molecule has 0 spiro atoms. The third-order valence-corrected chi connectivity index (χ3v) is 4.80. The number of sulfonamides is 1. The number of likely N-dealkylation sites (tertiary alicyclic amines) is 1. The molecule has 1 aliphatic heterocycles. The highest BCUT2D eigenvalue weighted by molar-refractivity contribution is 7.89. The highest BCUT2D eigenvalue weighted by Gasteiger charge is 2.34. The van der Waals surface area contributed by atoms with Gasteiger partial charge in [0, 0.05) is 26.7 Å². The Morgan fingerprint density at radius 2 is 2.00 bits per heavy atom. The summed E-state index contributed by atoms with van der Waals surface area (Å²) < 4.78 is 27.9. The van der Waals surface area contributed by atoms with E-state index in [4.69, 9.17) is 0 Å². The molecule has 1 fully saturated rings. The minimum atomic E-state index is -3.74. The number of carbonyl (C=O) groups excluding carboxylic acids is 1. The van der Waals surface area contributed by atoms with Crippen molar-refractivity contribution < 1.29 is 13.2 Å². The number of carbonyl (C=O) groups is 1. The summed E-state index contributed by atoms with van der Waals surface area (Å²) in [6.07, 6.45) is 3.33. The van der Waals surface area contributed by atoms with Crippen molar-refractivity contribution in [3.05, 3.63) is 6.20 Å². The number of nitrogens with zero attached hydrogens (tertiary/aromatic N) is 4. The van der Waals surface area contributed by atoms with Gasteiger partial charge in [0.2, 0.25) is 10.9 Å². The average Bonchev–Trinajstić information content (AvgIpc) is 3.07. The first-order valence-electron chi connectivity index (χ1n) is 6.88. The highest BCUT2D eigenvalue weighted by atomic mass is 32.2. The second kappa shape index (κ2) is 5.72. The van der Waals surface area contributed by atoms with Crippen molar-refractivity contribution in [3.8, 4) is 0 Å². The van der Waals surface area contributed by atoms with Crippen molar-refractivity contribution >= 4 is 15.9 Å². The number of nitrogens with one attached hydrogen (secondary N) is 1. The summed E-state index contributed by atoms with van der Waals surface area (Å²) in [6.45, 7) is 5.01. The summed E-state index contributed by atoms with van der Waals surface area (Å²) in [4.78, 5) is 14.2. The molecule has 0 aromatic carbocycles. The molecule has 0 atom stereocenters. The first kappa shape index (κ1) is 15.9. The van der Waals surface area contributed by atoms with Gasteiger partial charge in [-0.3, -0.25) is 9.48 Å².